The SMILES string of the molecule is CCC(C)C(=O)N(C)C(CC)[Si](C)(C)c1ccccc1. The Balaban J connectivity index is 3.03. The molecule has 0 aliphatic rings. The largest absolute Gasteiger partial charge is 0.345 e. The quantitative estimate of drug-likeness (QED) is 0.735. The summed E-state index contributed by atoms with van der Waals surface area (Å²) < 4.78 is 0. The molecule has 0 saturated heterocycles. The van der Waals surface area contributed by atoms with Crippen molar-refractivity contribution < 1.29 is 4.79 Å². The van der Waals surface area contributed by atoms with Crippen LogP contribution in [0.1, 0.15) is 33.6 Å². The minimum absolute atomic E-state index is 0.120. The van der Waals surface area contributed by atoms with Crippen LogP contribution in [0.5, 0.6) is 0 Å². The summed E-state index contributed by atoms with van der Waals surface area (Å²) in [5, 5.41) is 1.43. The normalized spacial score (nSPS) is 14.7. The molecule has 0 heterocycles. The molecule has 2 unspecified atom stereocenters. The summed E-state index contributed by atoms with van der Waals surface area (Å²) in [4.78, 5) is 14.5. The number of carbonyl (C=O) groups excluding carboxylic acids is 1. The fraction of sp³-hybridized carbons (Fsp3) is 0.588. The van der Waals surface area contributed by atoms with Crippen LogP contribution in [0.4, 0.5) is 0 Å². The molecule has 0 aromatic heterocycles. The van der Waals surface area contributed by atoms with Gasteiger partial charge >= 0.3 is 0 Å². The smallest absolute Gasteiger partial charge is 0.225 e. The van der Waals surface area contributed by atoms with Crippen molar-refractivity contribution in [2.24, 2.45) is 5.92 Å². The summed E-state index contributed by atoms with van der Waals surface area (Å²) in [5.41, 5.74) is 0.353. The molecule has 20 heavy (non-hydrogen) atoms. The summed E-state index contributed by atoms with van der Waals surface area (Å²) in [6.07, 6.45) is 1.93. The predicted octanol–water partition coefficient (Wildman–Crippen LogP) is 3.42. The topological polar surface area (TPSA) is 20.3 Å². The lowest BCUT2D eigenvalue weighted by Gasteiger charge is -2.40. The van der Waals surface area contributed by atoms with Gasteiger partial charge in [-0.1, -0.05) is 69.4 Å². The van der Waals surface area contributed by atoms with Crippen LogP contribution < -0.4 is 5.19 Å². The first kappa shape index (κ1) is 17.0. The van der Waals surface area contributed by atoms with Crippen molar-refractivity contribution in [3.63, 3.8) is 0 Å². The molecule has 1 aromatic carbocycles. The van der Waals surface area contributed by atoms with E-state index in [2.05, 4.69) is 57.3 Å². The minimum atomic E-state index is -1.69. The van der Waals surface area contributed by atoms with E-state index < -0.39 is 8.07 Å². The molecule has 0 spiro atoms. The molecule has 112 valence electrons. The number of benzene rings is 1. The lowest BCUT2D eigenvalue weighted by atomic mass is 10.1. The van der Waals surface area contributed by atoms with E-state index in [1.54, 1.807) is 0 Å². The Bertz CT molecular complexity index is 430. The third-order valence-electron chi connectivity index (χ3n) is 4.59. The summed E-state index contributed by atoms with van der Waals surface area (Å²) in [7, 11) is 0.298. The molecule has 0 aliphatic carbocycles. The van der Waals surface area contributed by atoms with Crippen molar-refractivity contribution in [1.29, 1.82) is 0 Å². The van der Waals surface area contributed by atoms with Gasteiger partial charge in [0, 0.05) is 18.6 Å². The third-order valence-corrected chi connectivity index (χ3v) is 8.87. The van der Waals surface area contributed by atoms with Gasteiger partial charge in [0.2, 0.25) is 5.91 Å². The first-order valence-corrected chi connectivity index (χ1v) is 10.8. The molecule has 0 N–H and O–H groups in total. The first-order chi connectivity index (χ1) is 9.36. The third kappa shape index (κ3) is 3.51. The zero-order valence-corrected chi connectivity index (χ0v) is 14.8. The zero-order valence-electron chi connectivity index (χ0n) is 13.8. The molecule has 0 aliphatic heterocycles. The molecular weight excluding hydrogens is 262 g/mol. The van der Waals surface area contributed by atoms with E-state index in [-0.39, 0.29) is 11.8 Å². The van der Waals surface area contributed by atoms with Gasteiger partial charge in [-0.2, -0.15) is 0 Å². The van der Waals surface area contributed by atoms with Gasteiger partial charge in [0.15, 0.2) is 0 Å². The highest BCUT2D eigenvalue weighted by molar-refractivity contribution is 6.91. The molecule has 1 rings (SSSR count). The summed E-state index contributed by atoms with van der Waals surface area (Å²) in [6.45, 7) is 11.1. The van der Waals surface area contributed by atoms with Gasteiger partial charge in [0.1, 0.15) is 8.07 Å². The van der Waals surface area contributed by atoms with Crippen molar-refractivity contribution in [2.75, 3.05) is 7.05 Å². The zero-order chi connectivity index (χ0) is 15.3. The highest BCUT2D eigenvalue weighted by atomic mass is 28.3. The van der Waals surface area contributed by atoms with Crippen molar-refractivity contribution >= 4 is 19.2 Å². The Morgan fingerprint density at radius 2 is 1.70 bits per heavy atom. The second-order valence-electron chi connectivity index (χ2n) is 6.27. The molecule has 0 bridgehead atoms. The van der Waals surface area contributed by atoms with Crippen LogP contribution in [0.2, 0.25) is 13.1 Å². The second kappa shape index (κ2) is 7.07. The van der Waals surface area contributed by atoms with Gasteiger partial charge < -0.3 is 4.90 Å². The molecule has 1 aromatic rings. The van der Waals surface area contributed by atoms with Gasteiger partial charge in [-0.05, 0) is 12.8 Å². The molecule has 0 radical (unpaired) electrons. The lowest BCUT2D eigenvalue weighted by Crippen LogP contribution is -2.60. The van der Waals surface area contributed by atoms with Crippen LogP contribution in [0.25, 0.3) is 0 Å². The fourth-order valence-electron chi connectivity index (χ4n) is 3.00. The van der Waals surface area contributed by atoms with E-state index in [0.29, 0.717) is 5.67 Å². The van der Waals surface area contributed by atoms with Crippen molar-refractivity contribution in [3.8, 4) is 0 Å². The van der Waals surface area contributed by atoms with Gasteiger partial charge in [-0.25, -0.2) is 0 Å². The second-order valence-corrected chi connectivity index (χ2v) is 11.0. The van der Waals surface area contributed by atoms with Crippen LogP contribution in [0, 0.1) is 5.92 Å². The van der Waals surface area contributed by atoms with E-state index in [1.165, 1.54) is 5.19 Å². The standard InChI is InChI=1S/C17H29NOSi/c1-7-14(3)17(19)18(4)16(8-2)20(5,6)15-12-10-9-11-13-15/h9-14,16H,7-8H2,1-6H3. The number of amides is 1. The summed E-state index contributed by atoms with van der Waals surface area (Å²) in [6, 6.07) is 10.7. The predicted molar refractivity (Wildman–Crippen MR) is 89.9 cm³/mol. The van der Waals surface area contributed by atoms with E-state index in [4.69, 9.17) is 0 Å². The summed E-state index contributed by atoms with van der Waals surface area (Å²) >= 11 is 0. The number of hydrogen-bond donors (Lipinski definition) is 0. The van der Waals surface area contributed by atoms with Crippen molar-refractivity contribution in [2.45, 2.75) is 52.4 Å². The number of nitrogens with zero attached hydrogens (tertiary/aromatic N) is 1. The maximum atomic E-state index is 12.5. The highest BCUT2D eigenvalue weighted by Crippen LogP contribution is 2.20. The first-order valence-electron chi connectivity index (χ1n) is 7.68. The van der Waals surface area contributed by atoms with Crippen LogP contribution in [-0.2, 0) is 4.79 Å². The Hall–Kier alpha value is -1.09. The maximum Gasteiger partial charge on any atom is 0.225 e. The Labute approximate surface area is 125 Å². The lowest BCUT2D eigenvalue weighted by molar-refractivity contribution is -0.134. The van der Waals surface area contributed by atoms with Crippen LogP contribution >= 0.6 is 0 Å². The molecular formula is C17H29NOSi. The van der Waals surface area contributed by atoms with Crippen LogP contribution in [-0.4, -0.2) is 31.6 Å². The molecule has 0 saturated carbocycles. The van der Waals surface area contributed by atoms with Gasteiger partial charge in [0.05, 0.1) is 0 Å². The molecule has 2 atom stereocenters. The Morgan fingerprint density at radius 3 is 2.15 bits per heavy atom. The van der Waals surface area contributed by atoms with Crippen LogP contribution in [0.3, 0.4) is 0 Å². The number of carbonyl (C=O) groups is 1. The highest BCUT2D eigenvalue weighted by Gasteiger charge is 2.37. The Morgan fingerprint density at radius 1 is 1.15 bits per heavy atom. The van der Waals surface area contributed by atoms with E-state index >= 15 is 0 Å². The summed E-state index contributed by atoms with van der Waals surface area (Å²) in [5.74, 6) is 0.408. The molecule has 3 heteroatoms. The fourth-order valence-corrected chi connectivity index (χ4v) is 6.56. The Kier molecular flexibility index (Phi) is 6.00. The molecule has 2 nitrogen and oxygen atoms in total. The molecule has 1 amide bonds. The van der Waals surface area contributed by atoms with E-state index in [9.17, 15) is 4.79 Å². The maximum absolute atomic E-state index is 12.5. The van der Waals surface area contributed by atoms with Gasteiger partial charge in [-0.15, -0.1) is 0 Å². The average Bonchev–Trinajstić information content (AvgIpc) is 2.46. The van der Waals surface area contributed by atoms with E-state index in [1.807, 2.05) is 18.9 Å². The number of hydrogen-bond acceptors (Lipinski definition) is 1. The van der Waals surface area contributed by atoms with Crippen LogP contribution in [0.15, 0.2) is 30.3 Å². The van der Waals surface area contributed by atoms with Crippen molar-refractivity contribution in [1.82, 2.24) is 4.90 Å². The monoisotopic (exact) mass is 291 g/mol. The van der Waals surface area contributed by atoms with Crippen molar-refractivity contribution in [3.05, 3.63) is 30.3 Å². The number of rotatable bonds is 6. The minimum Gasteiger partial charge on any atom is -0.345 e. The van der Waals surface area contributed by atoms with Gasteiger partial charge in [0.25, 0.3) is 0 Å². The average molecular weight is 292 g/mol. The molecule has 0 fully saturated rings. The van der Waals surface area contributed by atoms with E-state index in [0.717, 1.165) is 12.8 Å². The van der Waals surface area contributed by atoms with Gasteiger partial charge in [-0.3, -0.25) is 4.79 Å².